The molecule has 0 unspecified atom stereocenters. The first-order chi connectivity index (χ1) is 11.4. The molecule has 1 N–H and O–H groups in total. The average molecular weight is 325 g/mol. The van der Waals surface area contributed by atoms with E-state index in [4.69, 9.17) is 0 Å². The van der Waals surface area contributed by atoms with Crippen LogP contribution in [0.3, 0.4) is 0 Å². The summed E-state index contributed by atoms with van der Waals surface area (Å²) in [7, 11) is 0. The van der Waals surface area contributed by atoms with Gasteiger partial charge in [-0.15, -0.1) is 0 Å². The maximum Gasteiger partial charge on any atom is 0.261 e. The third-order valence-electron chi connectivity index (χ3n) is 3.77. The number of carbonyl (C=O) groups excluding carboxylic acids is 1. The lowest BCUT2D eigenvalue weighted by Gasteiger charge is -2.10. The molecular weight excluding hydrogens is 309 g/mol. The Kier molecular flexibility index (Phi) is 4.12. The Morgan fingerprint density at radius 2 is 2.00 bits per heavy atom. The van der Waals surface area contributed by atoms with Gasteiger partial charge in [-0.25, -0.2) is 9.37 Å². The highest BCUT2D eigenvalue weighted by molar-refractivity contribution is 5.91. The van der Waals surface area contributed by atoms with Gasteiger partial charge in [-0.3, -0.25) is 14.2 Å². The fourth-order valence-corrected chi connectivity index (χ4v) is 2.46. The second kappa shape index (κ2) is 6.23. The minimum atomic E-state index is -0.459. The Morgan fingerprint density at radius 1 is 1.21 bits per heavy atom. The predicted octanol–water partition coefficient (Wildman–Crippen LogP) is 2.79. The number of fused-ring (bicyclic) bond motifs is 1. The predicted molar refractivity (Wildman–Crippen MR) is 90.5 cm³/mol. The van der Waals surface area contributed by atoms with E-state index < -0.39 is 5.82 Å². The molecule has 1 aromatic heterocycles. The van der Waals surface area contributed by atoms with E-state index in [-0.39, 0.29) is 28.9 Å². The number of aryl methyl sites for hydroxylation is 2. The van der Waals surface area contributed by atoms with E-state index in [0.717, 1.165) is 11.1 Å². The number of benzene rings is 2. The third-order valence-corrected chi connectivity index (χ3v) is 3.77. The van der Waals surface area contributed by atoms with Gasteiger partial charge in [0.25, 0.3) is 5.56 Å². The molecule has 0 saturated carbocycles. The average Bonchev–Trinajstić information content (AvgIpc) is 2.53. The van der Waals surface area contributed by atoms with Crippen molar-refractivity contribution in [1.82, 2.24) is 9.55 Å². The molecule has 122 valence electrons. The summed E-state index contributed by atoms with van der Waals surface area (Å²) in [6.45, 7) is 3.67. The van der Waals surface area contributed by atoms with Crippen molar-refractivity contribution in [2.45, 2.75) is 20.4 Å². The number of carbonyl (C=O) groups is 1. The van der Waals surface area contributed by atoms with Crippen LogP contribution < -0.4 is 10.9 Å². The molecule has 3 aromatic rings. The Bertz CT molecular complexity index is 995. The molecular formula is C18H16FN3O2. The van der Waals surface area contributed by atoms with Crippen molar-refractivity contribution in [3.05, 3.63) is 70.0 Å². The minimum absolute atomic E-state index is 0.160. The summed E-state index contributed by atoms with van der Waals surface area (Å²) in [5, 5.41) is 3.07. The molecule has 0 aliphatic carbocycles. The monoisotopic (exact) mass is 325 g/mol. The molecule has 2 aromatic carbocycles. The number of amides is 1. The highest BCUT2D eigenvalue weighted by Gasteiger charge is 2.10. The molecule has 0 fully saturated rings. The molecule has 0 aliphatic heterocycles. The number of hydrogen-bond donors (Lipinski definition) is 1. The lowest BCUT2D eigenvalue weighted by molar-refractivity contribution is -0.116. The minimum Gasteiger partial charge on any atom is -0.324 e. The van der Waals surface area contributed by atoms with Gasteiger partial charge in [-0.05, 0) is 43.2 Å². The summed E-state index contributed by atoms with van der Waals surface area (Å²) in [5.74, 6) is -0.783. The zero-order valence-corrected chi connectivity index (χ0v) is 13.3. The first kappa shape index (κ1) is 15.9. The molecule has 0 aliphatic rings. The maximum atomic E-state index is 13.2. The number of nitrogens with one attached hydrogen (secondary N) is 1. The van der Waals surface area contributed by atoms with Crippen LogP contribution >= 0.6 is 0 Å². The maximum absolute atomic E-state index is 13.2. The lowest BCUT2D eigenvalue weighted by Crippen LogP contribution is -2.28. The first-order valence-corrected chi connectivity index (χ1v) is 7.46. The quantitative estimate of drug-likeness (QED) is 0.805. The fraction of sp³-hybridized carbons (Fsp3) is 0.167. The number of aromatic nitrogens is 2. The summed E-state index contributed by atoms with van der Waals surface area (Å²) in [4.78, 5) is 28.6. The van der Waals surface area contributed by atoms with Crippen LogP contribution in [0.2, 0.25) is 0 Å². The summed E-state index contributed by atoms with van der Waals surface area (Å²) in [6, 6.07) is 9.52. The van der Waals surface area contributed by atoms with Gasteiger partial charge in [-0.2, -0.15) is 0 Å². The standard InChI is InChI=1S/C18H16FN3O2/c1-11-3-4-12(2)15(7-11)21-17(23)9-22-10-20-16-8-13(19)5-6-14(16)18(22)24/h3-8,10H,9H2,1-2H3,(H,21,23). The number of nitrogens with zero attached hydrogens (tertiary/aromatic N) is 2. The van der Waals surface area contributed by atoms with Gasteiger partial charge in [-0.1, -0.05) is 12.1 Å². The van der Waals surface area contributed by atoms with Crippen LogP contribution in [0.25, 0.3) is 10.9 Å². The molecule has 5 nitrogen and oxygen atoms in total. The van der Waals surface area contributed by atoms with Crippen LogP contribution in [0, 0.1) is 19.7 Å². The smallest absolute Gasteiger partial charge is 0.261 e. The fourth-order valence-electron chi connectivity index (χ4n) is 2.46. The van der Waals surface area contributed by atoms with E-state index in [1.807, 2.05) is 32.0 Å². The van der Waals surface area contributed by atoms with Crippen LogP contribution in [-0.4, -0.2) is 15.5 Å². The summed E-state index contributed by atoms with van der Waals surface area (Å²) in [6.07, 6.45) is 1.26. The molecule has 0 radical (unpaired) electrons. The molecule has 0 spiro atoms. The van der Waals surface area contributed by atoms with Crippen LogP contribution in [0.5, 0.6) is 0 Å². The Morgan fingerprint density at radius 3 is 2.79 bits per heavy atom. The Balaban J connectivity index is 1.85. The van der Waals surface area contributed by atoms with Gasteiger partial charge < -0.3 is 5.32 Å². The summed E-state index contributed by atoms with van der Waals surface area (Å²) in [5.41, 5.74) is 2.57. The summed E-state index contributed by atoms with van der Waals surface area (Å²) < 4.78 is 14.4. The molecule has 0 bridgehead atoms. The van der Waals surface area contributed by atoms with Crippen molar-refractivity contribution >= 4 is 22.5 Å². The van der Waals surface area contributed by atoms with E-state index >= 15 is 0 Å². The largest absolute Gasteiger partial charge is 0.324 e. The van der Waals surface area contributed by atoms with Crippen molar-refractivity contribution in [1.29, 1.82) is 0 Å². The van der Waals surface area contributed by atoms with E-state index in [0.29, 0.717) is 5.69 Å². The van der Waals surface area contributed by atoms with Gasteiger partial charge in [0.2, 0.25) is 5.91 Å². The van der Waals surface area contributed by atoms with Crippen molar-refractivity contribution in [3.63, 3.8) is 0 Å². The zero-order chi connectivity index (χ0) is 17.3. The number of anilines is 1. The van der Waals surface area contributed by atoms with E-state index in [2.05, 4.69) is 10.3 Å². The summed E-state index contributed by atoms with van der Waals surface area (Å²) >= 11 is 0. The van der Waals surface area contributed by atoms with Gasteiger partial charge in [0.15, 0.2) is 0 Å². The van der Waals surface area contributed by atoms with Crippen LogP contribution in [0.15, 0.2) is 47.5 Å². The van der Waals surface area contributed by atoms with E-state index in [1.54, 1.807) is 0 Å². The van der Waals surface area contributed by atoms with Crippen LogP contribution in [0.1, 0.15) is 11.1 Å². The zero-order valence-electron chi connectivity index (χ0n) is 13.3. The number of halogens is 1. The van der Waals surface area contributed by atoms with Crippen molar-refractivity contribution < 1.29 is 9.18 Å². The Hall–Kier alpha value is -3.02. The molecule has 24 heavy (non-hydrogen) atoms. The highest BCUT2D eigenvalue weighted by Crippen LogP contribution is 2.16. The van der Waals surface area contributed by atoms with E-state index in [9.17, 15) is 14.0 Å². The van der Waals surface area contributed by atoms with Gasteiger partial charge in [0.05, 0.1) is 17.2 Å². The van der Waals surface area contributed by atoms with E-state index in [1.165, 1.54) is 29.1 Å². The van der Waals surface area contributed by atoms with Crippen LogP contribution in [0.4, 0.5) is 10.1 Å². The normalized spacial score (nSPS) is 10.8. The highest BCUT2D eigenvalue weighted by atomic mass is 19.1. The number of rotatable bonds is 3. The lowest BCUT2D eigenvalue weighted by atomic mass is 10.1. The molecule has 1 heterocycles. The first-order valence-electron chi connectivity index (χ1n) is 7.46. The second-order valence-electron chi connectivity index (χ2n) is 5.71. The van der Waals surface area contributed by atoms with Gasteiger partial charge in [0.1, 0.15) is 12.4 Å². The second-order valence-corrected chi connectivity index (χ2v) is 5.71. The van der Waals surface area contributed by atoms with Gasteiger partial charge >= 0.3 is 0 Å². The van der Waals surface area contributed by atoms with Crippen molar-refractivity contribution in [3.8, 4) is 0 Å². The number of hydrogen-bond acceptors (Lipinski definition) is 3. The molecule has 0 saturated heterocycles. The topological polar surface area (TPSA) is 64.0 Å². The van der Waals surface area contributed by atoms with Crippen molar-refractivity contribution in [2.24, 2.45) is 0 Å². The Labute approximate surface area is 137 Å². The molecule has 6 heteroatoms. The molecule has 0 atom stereocenters. The van der Waals surface area contributed by atoms with Crippen LogP contribution in [-0.2, 0) is 11.3 Å². The molecule has 3 rings (SSSR count). The van der Waals surface area contributed by atoms with Crippen molar-refractivity contribution in [2.75, 3.05) is 5.32 Å². The molecule has 1 amide bonds. The SMILES string of the molecule is Cc1ccc(C)c(NC(=O)Cn2cnc3cc(F)ccc3c2=O)c1. The van der Waals surface area contributed by atoms with Gasteiger partial charge in [0, 0.05) is 11.8 Å². The third kappa shape index (κ3) is 3.17.